The summed E-state index contributed by atoms with van der Waals surface area (Å²) in [6.45, 7) is 2.95. The number of amides is 1. The van der Waals surface area contributed by atoms with Gasteiger partial charge in [0.15, 0.2) is 0 Å². The van der Waals surface area contributed by atoms with Gasteiger partial charge in [-0.1, -0.05) is 6.07 Å². The van der Waals surface area contributed by atoms with Crippen molar-refractivity contribution in [1.82, 2.24) is 5.32 Å². The van der Waals surface area contributed by atoms with Crippen molar-refractivity contribution in [2.75, 3.05) is 48.3 Å². The van der Waals surface area contributed by atoms with Crippen LogP contribution < -0.4 is 15.1 Å². The number of carbonyl (C=O) groups excluding carboxylic acids is 1. The normalized spacial score (nSPS) is 19.3. The summed E-state index contributed by atoms with van der Waals surface area (Å²) in [6, 6.07) is 8.74. The number of carbonyl (C=O) groups is 1. The molecule has 0 spiro atoms. The SMILES string of the molecule is O=C1OC(CCS(=O)(=O)O)CN1c1ccc(-c2ccc(N3CCNCC3)c(F)c2)c(F)c1. The van der Waals surface area contributed by atoms with Crippen LogP contribution in [0.25, 0.3) is 11.1 Å². The molecule has 2 aliphatic rings. The van der Waals surface area contributed by atoms with E-state index in [0.717, 1.165) is 19.2 Å². The second kappa shape index (κ2) is 9.00. The lowest BCUT2D eigenvalue weighted by Gasteiger charge is -2.29. The largest absolute Gasteiger partial charge is 0.444 e. The molecule has 2 aromatic rings. The Balaban J connectivity index is 1.50. The Bertz CT molecular complexity index is 1120. The van der Waals surface area contributed by atoms with Crippen molar-refractivity contribution in [2.45, 2.75) is 12.5 Å². The maximum atomic E-state index is 14.9. The van der Waals surface area contributed by atoms with E-state index in [1.807, 2.05) is 4.90 Å². The van der Waals surface area contributed by atoms with Gasteiger partial charge in [0.05, 0.1) is 23.7 Å². The average Bonchev–Trinajstić information content (AvgIpc) is 3.13. The van der Waals surface area contributed by atoms with E-state index in [0.29, 0.717) is 24.3 Å². The zero-order chi connectivity index (χ0) is 22.9. The first-order chi connectivity index (χ1) is 15.2. The van der Waals surface area contributed by atoms with Crippen molar-refractivity contribution in [1.29, 1.82) is 0 Å². The van der Waals surface area contributed by atoms with Crippen molar-refractivity contribution >= 4 is 27.6 Å². The Morgan fingerprint density at radius 2 is 1.84 bits per heavy atom. The van der Waals surface area contributed by atoms with Crippen LogP contribution in [-0.2, 0) is 14.9 Å². The van der Waals surface area contributed by atoms with Crippen molar-refractivity contribution < 1.29 is 31.3 Å². The van der Waals surface area contributed by atoms with E-state index in [1.54, 1.807) is 12.1 Å². The number of hydrogen-bond acceptors (Lipinski definition) is 6. The van der Waals surface area contributed by atoms with Gasteiger partial charge in [-0.05, 0) is 35.9 Å². The molecular formula is C21H23F2N3O5S. The van der Waals surface area contributed by atoms with E-state index in [9.17, 15) is 22.0 Å². The molecule has 2 aromatic carbocycles. The van der Waals surface area contributed by atoms with Gasteiger partial charge in [0, 0.05) is 38.2 Å². The third-order valence-electron chi connectivity index (χ3n) is 5.55. The maximum absolute atomic E-state index is 14.9. The van der Waals surface area contributed by atoms with Crippen LogP contribution >= 0.6 is 0 Å². The fourth-order valence-electron chi connectivity index (χ4n) is 3.91. The Morgan fingerprint density at radius 1 is 1.09 bits per heavy atom. The summed E-state index contributed by atoms with van der Waals surface area (Å²) in [7, 11) is -4.17. The molecule has 2 fully saturated rings. The first-order valence-corrected chi connectivity index (χ1v) is 11.8. The van der Waals surface area contributed by atoms with Gasteiger partial charge in [0.2, 0.25) is 0 Å². The molecule has 2 saturated heterocycles. The lowest BCUT2D eigenvalue weighted by Crippen LogP contribution is -2.43. The summed E-state index contributed by atoms with van der Waals surface area (Å²) < 4.78 is 65.3. The second-order valence-electron chi connectivity index (χ2n) is 7.76. The molecule has 11 heteroatoms. The second-order valence-corrected chi connectivity index (χ2v) is 9.33. The highest BCUT2D eigenvalue weighted by Crippen LogP contribution is 2.32. The number of piperazine rings is 1. The van der Waals surface area contributed by atoms with Crippen molar-refractivity contribution in [3.8, 4) is 11.1 Å². The standard InChI is InChI=1S/C21H23F2N3O5S/c22-18-12-15(26-13-16(31-21(26)27)5-10-32(28,29)30)2-3-17(18)14-1-4-20(19(23)11-14)25-8-6-24-7-9-25/h1-4,11-12,16,24H,5-10,13H2,(H,28,29,30). The summed E-state index contributed by atoms with van der Waals surface area (Å²) in [5, 5.41) is 3.21. The molecule has 32 heavy (non-hydrogen) atoms. The molecule has 0 aromatic heterocycles. The van der Waals surface area contributed by atoms with Gasteiger partial charge >= 0.3 is 6.09 Å². The molecule has 1 unspecified atom stereocenters. The Labute approximate surface area is 184 Å². The summed E-state index contributed by atoms with van der Waals surface area (Å²) in [4.78, 5) is 15.2. The number of cyclic esters (lactones) is 1. The molecule has 172 valence electrons. The van der Waals surface area contributed by atoms with E-state index < -0.39 is 39.7 Å². The zero-order valence-corrected chi connectivity index (χ0v) is 17.9. The predicted octanol–water partition coefficient (Wildman–Crippen LogP) is 2.64. The van der Waals surface area contributed by atoms with Gasteiger partial charge in [-0.25, -0.2) is 13.6 Å². The van der Waals surface area contributed by atoms with Crippen molar-refractivity contribution in [3.05, 3.63) is 48.0 Å². The molecule has 0 bridgehead atoms. The van der Waals surface area contributed by atoms with Crippen molar-refractivity contribution in [2.24, 2.45) is 0 Å². The molecule has 0 saturated carbocycles. The van der Waals surface area contributed by atoms with Gasteiger partial charge in [-0.2, -0.15) is 8.42 Å². The van der Waals surface area contributed by atoms with Crippen LogP contribution in [0.2, 0.25) is 0 Å². The molecule has 0 radical (unpaired) electrons. The van der Waals surface area contributed by atoms with E-state index >= 15 is 0 Å². The third kappa shape index (κ3) is 5.00. The molecule has 2 N–H and O–H groups in total. The Morgan fingerprint density at radius 3 is 2.50 bits per heavy atom. The topological polar surface area (TPSA) is 99.2 Å². The highest BCUT2D eigenvalue weighted by Gasteiger charge is 2.33. The van der Waals surface area contributed by atoms with E-state index in [2.05, 4.69) is 5.32 Å². The van der Waals surface area contributed by atoms with E-state index in [4.69, 9.17) is 9.29 Å². The minimum Gasteiger partial charge on any atom is -0.444 e. The van der Waals surface area contributed by atoms with Crippen LogP contribution in [0.3, 0.4) is 0 Å². The predicted molar refractivity (Wildman–Crippen MR) is 116 cm³/mol. The highest BCUT2D eigenvalue weighted by atomic mass is 32.2. The van der Waals surface area contributed by atoms with Gasteiger partial charge in [-0.3, -0.25) is 9.45 Å². The van der Waals surface area contributed by atoms with Crippen LogP contribution in [0.1, 0.15) is 6.42 Å². The number of hydrogen-bond donors (Lipinski definition) is 2. The van der Waals surface area contributed by atoms with Crippen LogP contribution in [0.15, 0.2) is 36.4 Å². The number of benzene rings is 2. The molecule has 8 nitrogen and oxygen atoms in total. The number of halogens is 2. The van der Waals surface area contributed by atoms with Gasteiger partial charge in [0.25, 0.3) is 10.1 Å². The fourth-order valence-corrected chi connectivity index (χ4v) is 4.47. The van der Waals surface area contributed by atoms with Crippen LogP contribution in [0.4, 0.5) is 25.0 Å². The van der Waals surface area contributed by atoms with Crippen molar-refractivity contribution in [3.63, 3.8) is 0 Å². The smallest absolute Gasteiger partial charge is 0.414 e. The minimum absolute atomic E-state index is 0.0289. The molecule has 2 aliphatic heterocycles. The Kier molecular flexibility index (Phi) is 6.31. The molecule has 1 amide bonds. The first-order valence-electron chi connectivity index (χ1n) is 10.2. The summed E-state index contributed by atoms with van der Waals surface area (Å²) in [5.74, 6) is -1.61. The highest BCUT2D eigenvalue weighted by molar-refractivity contribution is 7.85. The number of ether oxygens (including phenoxy) is 1. The lowest BCUT2D eigenvalue weighted by molar-refractivity contribution is 0.139. The third-order valence-corrected chi connectivity index (χ3v) is 6.30. The van der Waals surface area contributed by atoms with E-state index in [1.165, 1.54) is 23.1 Å². The number of nitrogens with zero attached hydrogens (tertiary/aromatic N) is 2. The number of anilines is 2. The number of rotatable bonds is 6. The monoisotopic (exact) mass is 467 g/mol. The van der Waals surface area contributed by atoms with Crippen LogP contribution in [0, 0.1) is 11.6 Å². The lowest BCUT2D eigenvalue weighted by atomic mass is 10.0. The quantitative estimate of drug-likeness (QED) is 0.630. The number of nitrogens with one attached hydrogen (secondary N) is 1. The molecular weight excluding hydrogens is 444 g/mol. The van der Waals surface area contributed by atoms with Gasteiger partial charge < -0.3 is 15.0 Å². The van der Waals surface area contributed by atoms with Crippen LogP contribution in [0.5, 0.6) is 0 Å². The summed E-state index contributed by atoms with van der Waals surface area (Å²) in [6.07, 6.45) is -1.54. The Hall–Kier alpha value is -2.76. The van der Waals surface area contributed by atoms with Gasteiger partial charge in [-0.15, -0.1) is 0 Å². The average molecular weight is 467 g/mol. The van der Waals surface area contributed by atoms with E-state index in [-0.39, 0.29) is 24.2 Å². The maximum Gasteiger partial charge on any atom is 0.414 e. The fraction of sp³-hybridized carbons (Fsp3) is 0.381. The molecule has 0 aliphatic carbocycles. The first kappa shape index (κ1) is 22.4. The molecule has 4 rings (SSSR count). The zero-order valence-electron chi connectivity index (χ0n) is 17.1. The molecule has 2 heterocycles. The summed E-state index contributed by atoms with van der Waals surface area (Å²) in [5.41, 5.74) is 1.28. The minimum atomic E-state index is -4.17. The van der Waals surface area contributed by atoms with Crippen LogP contribution in [-0.4, -0.2) is 63.6 Å². The van der Waals surface area contributed by atoms with Gasteiger partial charge in [0.1, 0.15) is 17.7 Å². The summed E-state index contributed by atoms with van der Waals surface area (Å²) >= 11 is 0. The molecule has 1 atom stereocenters.